The third-order valence-corrected chi connectivity index (χ3v) is 5.35. The summed E-state index contributed by atoms with van der Waals surface area (Å²) in [6, 6.07) is 7.29. The number of benzene rings is 1. The average molecular weight is 397 g/mol. The minimum Gasteiger partial charge on any atom is -0.497 e. The van der Waals surface area contributed by atoms with E-state index in [0.717, 1.165) is 36.1 Å². The Morgan fingerprint density at radius 2 is 1.97 bits per heavy atom. The predicted octanol–water partition coefficient (Wildman–Crippen LogP) is 1.59. The molecule has 2 aliphatic heterocycles. The number of hydrogen-bond acceptors (Lipinski definition) is 7. The fraction of sp³-hybridized carbons (Fsp3) is 0.476. The molecule has 0 unspecified atom stereocenters. The third-order valence-electron chi connectivity index (χ3n) is 5.35. The van der Waals surface area contributed by atoms with E-state index in [-0.39, 0.29) is 5.91 Å². The van der Waals surface area contributed by atoms with E-state index < -0.39 is 0 Å². The van der Waals surface area contributed by atoms with Gasteiger partial charge in [0.2, 0.25) is 5.95 Å². The van der Waals surface area contributed by atoms with Crippen LogP contribution in [0.2, 0.25) is 0 Å². The number of anilines is 2. The Balaban J connectivity index is 1.61. The van der Waals surface area contributed by atoms with Gasteiger partial charge in [-0.15, -0.1) is 0 Å². The summed E-state index contributed by atoms with van der Waals surface area (Å²) in [7, 11) is 5.57. The van der Waals surface area contributed by atoms with Crippen LogP contribution in [0.3, 0.4) is 0 Å². The van der Waals surface area contributed by atoms with Gasteiger partial charge in [0.25, 0.3) is 5.91 Å². The second-order valence-electron chi connectivity index (χ2n) is 7.47. The lowest BCUT2D eigenvalue weighted by Crippen LogP contribution is -2.40. The van der Waals surface area contributed by atoms with Crippen LogP contribution in [0.5, 0.6) is 5.75 Å². The van der Waals surface area contributed by atoms with Crippen LogP contribution in [-0.4, -0.2) is 74.8 Å². The van der Waals surface area contributed by atoms with Gasteiger partial charge in [-0.25, -0.2) is 4.98 Å². The van der Waals surface area contributed by atoms with Gasteiger partial charge < -0.3 is 24.2 Å². The maximum atomic E-state index is 13.1. The van der Waals surface area contributed by atoms with Crippen molar-refractivity contribution in [3.63, 3.8) is 0 Å². The van der Waals surface area contributed by atoms with Crippen molar-refractivity contribution in [3.05, 3.63) is 41.1 Å². The van der Waals surface area contributed by atoms with E-state index in [0.29, 0.717) is 44.0 Å². The molecule has 29 heavy (non-hydrogen) atoms. The highest BCUT2D eigenvalue weighted by Gasteiger charge is 2.28. The Kier molecular flexibility index (Phi) is 5.53. The molecular formula is C21H27N5O3. The maximum Gasteiger partial charge on any atom is 0.254 e. The number of methoxy groups -OCH3 is 1. The molecule has 2 aliphatic rings. The topological polar surface area (TPSA) is 71.0 Å². The van der Waals surface area contributed by atoms with Crippen molar-refractivity contribution in [2.24, 2.45) is 0 Å². The van der Waals surface area contributed by atoms with Crippen LogP contribution in [0.25, 0.3) is 0 Å². The zero-order valence-electron chi connectivity index (χ0n) is 17.2. The van der Waals surface area contributed by atoms with E-state index in [1.165, 1.54) is 0 Å². The summed E-state index contributed by atoms with van der Waals surface area (Å²) in [5.74, 6) is 2.31. The summed E-state index contributed by atoms with van der Waals surface area (Å²) in [6.07, 6.45) is 0.714. The highest BCUT2D eigenvalue weighted by Crippen LogP contribution is 2.29. The van der Waals surface area contributed by atoms with Crippen molar-refractivity contribution in [3.8, 4) is 5.75 Å². The summed E-state index contributed by atoms with van der Waals surface area (Å²) in [4.78, 5) is 28.8. The molecule has 0 radical (unpaired) electrons. The summed E-state index contributed by atoms with van der Waals surface area (Å²) in [5.41, 5.74) is 2.68. The second-order valence-corrected chi connectivity index (χ2v) is 7.47. The minimum absolute atomic E-state index is 0.00323. The Bertz CT molecular complexity index is 896. The second kappa shape index (κ2) is 8.24. The first kappa shape index (κ1) is 19.4. The number of carbonyl (C=O) groups is 1. The van der Waals surface area contributed by atoms with E-state index in [2.05, 4.69) is 4.90 Å². The molecule has 4 rings (SSSR count). The van der Waals surface area contributed by atoms with E-state index in [9.17, 15) is 4.79 Å². The Labute approximate surface area is 171 Å². The van der Waals surface area contributed by atoms with Crippen molar-refractivity contribution < 1.29 is 14.3 Å². The molecule has 154 valence electrons. The lowest BCUT2D eigenvalue weighted by atomic mass is 10.0. The fourth-order valence-corrected chi connectivity index (χ4v) is 3.77. The smallest absolute Gasteiger partial charge is 0.254 e. The highest BCUT2D eigenvalue weighted by atomic mass is 16.5. The molecule has 1 aromatic carbocycles. The van der Waals surface area contributed by atoms with Crippen LogP contribution >= 0.6 is 0 Å². The maximum absolute atomic E-state index is 13.1. The van der Waals surface area contributed by atoms with Crippen LogP contribution in [0.15, 0.2) is 24.3 Å². The predicted molar refractivity (Wildman–Crippen MR) is 111 cm³/mol. The lowest BCUT2D eigenvalue weighted by Gasteiger charge is -2.33. The number of amides is 1. The Morgan fingerprint density at radius 3 is 2.69 bits per heavy atom. The Hall–Kier alpha value is -2.87. The summed E-state index contributed by atoms with van der Waals surface area (Å²) in [5, 5.41) is 0. The number of rotatable bonds is 4. The fourth-order valence-electron chi connectivity index (χ4n) is 3.77. The molecule has 2 aromatic rings. The molecule has 1 saturated heterocycles. The van der Waals surface area contributed by atoms with Crippen LogP contribution in [0.1, 0.15) is 21.6 Å². The third kappa shape index (κ3) is 3.98. The number of nitrogens with zero attached hydrogens (tertiary/aromatic N) is 5. The molecule has 0 spiro atoms. The largest absolute Gasteiger partial charge is 0.497 e. The molecule has 0 bridgehead atoms. The number of ether oxygens (including phenoxy) is 2. The van der Waals surface area contributed by atoms with Gasteiger partial charge in [0.1, 0.15) is 11.6 Å². The van der Waals surface area contributed by atoms with Gasteiger partial charge in [-0.1, -0.05) is 6.07 Å². The first-order chi connectivity index (χ1) is 14.1. The molecule has 0 saturated carbocycles. The van der Waals surface area contributed by atoms with Gasteiger partial charge in [0, 0.05) is 51.3 Å². The normalized spacial score (nSPS) is 16.4. The van der Waals surface area contributed by atoms with Gasteiger partial charge >= 0.3 is 0 Å². The number of carbonyl (C=O) groups excluding carboxylic acids is 1. The molecule has 0 N–H and O–H groups in total. The lowest BCUT2D eigenvalue weighted by molar-refractivity contribution is 0.0733. The summed E-state index contributed by atoms with van der Waals surface area (Å²) >= 11 is 0. The highest BCUT2D eigenvalue weighted by molar-refractivity contribution is 5.94. The van der Waals surface area contributed by atoms with Gasteiger partial charge in [-0.05, 0) is 18.2 Å². The summed E-state index contributed by atoms with van der Waals surface area (Å²) in [6.45, 7) is 4.12. The van der Waals surface area contributed by atoms with Gasteiger partial charge in [0.05, 0.1) is 32.6 Å². The minimum atomic E-state index is -0.00323. The van der Waals surface area contributed by atoms with E-state index in [1.807, 2.05) is 42.1 Å². The van der Waals surface area contributed by atoms with E-state index in [4.69, 9.17) is 19.4 Å². The zero-order chi connectivity index (χ0) is 20.4. The molecule has 3 heterocycles. The van der Waals surface area contributed by atoms with Crippen LogP contribution < -0.4 is 14.5 Å². The van der Waals surface area contributed by atoms with E-state index >= 15 is 0 Å². The van der Waals surface area contributed by atoms with E-state index in [1.54, 1.807) is 13.2 Å². The first-order valence-corrected chi connectivity index (χ1v) is 9.90. The number of aromatic nitrogens is 2. The molecule has 0 atom stereocenters. The van der Waals surface area contributed by atoms with Crippen molar-refractivity contribution in [1.29, 1.82) is 0 Å². The monoisotopic (exact) mass is 397 g/mol. The number of morpholine rings is 1. The molecule has 8 heteroatoms. The molecular weight excluding hydrogens is 370 g/mol. The first-order valence-electron chi connectivity index (χ1n) is 9.90. The van der Waals surface area contributed by atoms with Crippen LogP contribution in [0, 0.1) is 0 Å². The molecule has 0 aliphatic carbocycles. The zero-order valence-corrected chi connectivity index (χ0v) is 17.2. The average Bonchev–Trinajstić information content (AvgIpc) is 2.78. The van der Waals surface area contributed by atoms with Crippen LogP contribution in [0.4, 0.5) is 11.8 Å². The van der Waals surface area contributed by atoms with Gasteiger partial charge in [0.15, 0.2) is 0 Å². The van der Waals surface area contributed by atoms with Crippen molar-refractivity contribution in [1.82, 2.24) is 14.9 Å². The quantitative estimate of drug-likeness (QED) is 0.776. The molecule has 1 amide bonds. The molecule has 1 fully saturated rings. The van der Waals surface area contributed by atoms with Crippen LogP contribution in [-0.2, 0) is 17.7 Å². The molecule has 8 nitrogen and oxygen atoms in total. The summed E-state index contributed by atoms with van der Waals surface area (Å²) < 4.78 is 10.7. The Morgan fingerprint density at radius 1 is 1.17 bits per heavy atom. The van der Waals surface area contributed by atoms with Crippen molar-refractivity contribution in [2.45, 2.75) is 13.0 Å². The SMILES string of the molecule is COc1cccc(C(=O)N2CCc3nc(N4CCOCC4)nc(N(C)C)c3C2)c1. The van der Waals surface area contributed by atoms with Crippen molar-refractivity contribution >= 4 is 17.7 Å². The van der Waals surface area contributed by atoms with Crippen molar-refractivity contribution in [2.75, 3.05) is 63.9 Å². The van der Waals surface area contributed by atoms with Gasteiger partial charge in [-0.3, -0.25) is 4.79 Å². The number of hydrogen-bond donors (Lipinski definition) is 0. The standard InChI is InChI=1S/C21H27N5O3/c1-24(2)19-17-14-26(20(27)15-5-4-6-16(13-15)28-3)8-7-18(17)22-21(23-19)25-9-11-29-12-10-25/h4-6,13H,7-12,14H2,1-3H3. The number of fused-ring (bicyclic) bond motifs is 1. The molecule has 1 aromatic heterocycles. The van der Waals surface area contributed by atoms with Gasteiger partial charge in [-0.2, -0.15) is 4.98 Å².